The third-order valence-electron chi connectivity index (χ3n) is 3.83. The Balaban J connectivity index is 2.35. The molecule has 5 heteroatoms. The maximum absolute atomic E-state index is 11.2. The molecular formula is C16H21ClO3S. The van der Waals surface area contributed by atoms with Crippen molar-refractivity contribution in [2.75, 3.05) is 12.9 Å². The molecule has 0 heterocycles. The van der Waals surface area contributed by atoms with E-state index in [0.717, 1.165) is 36.7 Å². The van der Waals surface area contributed by atoms with Gasteiger partial charge in [-0.05, 0) is 53.5 Å². The molecule has 1 aromatic rings. The Bertz CT molecular complexity index is 643. The summed E-state index contributed by atoms with van der Waals surface area (Å²) in [6.07, 6.45) is 3.90. The molecule has 0 bridgehead atoms. The van der Waals surface area contributed by atoms with E-state index in [9.17, 15) is 8.42 Å². The van der Waals surface area contributed by atoms with Crippen LogP contribution in [0, 0.1) is 5.41 Å². The minimum atomic E-state index is -3.42. The summed E-state index contributed by atoms with van der Waals surface area (Å²) in [4.78, 5) is 0. The van der Waals surface area contributed by atoms with Crippen LogP contribution in [0.15, 0.2) is 29.8 Å². The molecule has 0 aliphatic heterocycles. The molecule has 1 aliphatic carbocycles. The monoisotopic (exact) mass is 328 g/mol. The molecule has 0 fully saturated rings. The molecule has 1 aliphatic rings. The highest BCUT2D eigenvalue weighted by atomic mass is 35.5. The van der Waals surface area contributed by atoms with Crippen LogP contribution in [-0.4, -0.2) is 21.3 Å². The van der Waals surface area contributed by atoms with E-state index >= 15 is 0 Å². The topological polar surface area (TPSA) is 43.4 Å². The van der Waals surface area contributed by atoms with Crippen LogP contribution in [0.4, 0.5) is 0 Å². The average Bonchev–Trinajstić information content (AvgIpc) is 2.36. The lowest BCUT2D eigenvalue weighted by Crippen LogP contribution is -2.20. The predicted octanol–water partition coefficient (Wildman–Crippen LogP) is 4.28. The lowest BCUT2D eigenvalue weighted by Gasteiger charge is -2.33. The SMILES string of the molecule is CC1(C)CCC(COS(C)(=O)=O)=C(c2ccc(Cl)cc2)C1. The molecule has 1 aromatic carbocycles. The minimum absolute atomic E-state index is 0.146. The smallest absolute Gasteiger partial charge is 0.264 e. The second-order valence-corrected chi connectivity index (χ2v) is 8.48. The molecular weight excluding hydrogens is 308 g/mol. The number of halogens is 1. The van der Waals surface area contributed by atoms with Crippen LogP contribution in [0.2, 0.25) is 5.02 Å². The number of hydrogen-bond donors (Lipinski definition) is 0. The van der Waals surface area contributed by atoms with Crippen molar-refractivity contribution in [1.29, 1.82) is 0 Å². The van der Waals surface area contributed by atoms with E-state index in [2.05, 4.69) is 13.8 Å². The lowest BCUT2D eigenvalue weighted by molar-refractivity contribution is 0.304. The summed E-state index contributed by atoms with van der Waals surface area (Å²) in [7, 11) is -3.42. The summed E-state index contributed by atoms with van der Waals surface area (Å²) < 4.78 is 27.5. The van der Waals surface area contributed by atoms with Crippen LogP contribution in [0.1, 0.15) is 38.7 Å². The molecule has 2 rings (SSSR count). The molecule has 116 valence electrons. The van der Waals surface area contributed by atoms with Crippen molar-refractivity contribution >= 4 is 27.3 Å². The number of allylic oxidation sites excluding steroid dienone is 1. The summed E-state index contributed by atoms with van der Waals surface area (Å²) in [6.45, 7) is 4.61. The van der Waals surface area contributed by atoms with Crippen LogP contribution in [0.5, 0.6) is 0 Å². The highest BCUT2D eigenvalue weighted by Gasteiger charge is 2.28. The third kappa shape index (κ3) is 4.83. The molecule has 0 amide bonds. The van der Waals surface area contributed by atoms with Crippen molar-refractivity contribution in [3.8, 4) is 0 Å². The molecule has 0 atom stereocenters. The summed E-state index contributed by atoms with van der Waals surface area (Å²) >= 11 is 5.94. The van der Waals surface area contributed by atoms with Crippen LogP contribution in [0.25, 0.3) is 5.57 Å². The van der Waals surface area contributed by atoms with Gasteiger partial charge in [-0.25, -0.2) is 0 Å². The van der Waals surface area contributed by atoms with Crippen LogP contribution in [0.3, 0.4) is 0 Å². The molecule has 0 saturated heterocycles. The molecule has 0 aromatic heterocycles. The summed E-state index contributed by atoms with van der Waals surface area (Å²) in [5.41, 5.74) is 3.57. The van der Waals surface area contributed by atoms with E-state index in [-0.39, 0.29) is 12.0 Å². The van der Waals surface area contributed by atoms with Crippen molar-refractivity contribution in [3.63, 3.8) is 0 Å². The normalized spacial score (nSPS) is 18.9. The third-order valence-corrected chi connectivity index (χ3v) is 4.62. The van der Waals surface area contributed by atoms with E-state index in [1.807, 2.05) is 24.3 Å². The van der Waals surface area contributed by atoms with Gasteiger partial charge < -0.3 is 0 Å². The Morgan fingerprint density at radius 1 is 1.24 bits per heavy atom. The van der Waals surface area contributed by atoms with E-state index in [0.29, 0.717) is 5.02 Å². The fourth-order valence-electron chi connectivity index (χ4n) is 2.63. The predicted molar refractivity (Wildman–Crippen MR) is 86.8 cm³/mol. The second-order valence-electron chi connectivity index (χ2n) is 6.40. The minimum Gasteiger partial charge on any atom is -0.266 e. The Morgan fingerprint density at radius 2 is 1.86 bits per heavy atom. The standard InChI is InChI=1S/C16H21ClO3S/c1-16(2)9-8-13(11-20-21(3,18)19)15(10-16)12-4-6-14(17)7-5-12/h4-7H,8-11H2,1-3H3. The number of rotatable bonds is 4. The number of hydrogen-bond acceptors (Lipinski definition) is 3. The maximum atomic E-state index is 11.2. The van der Waals surface area contributed by atoms with Crippen molar-refractivity contribution in [2.24, 2.45) is 5.41 Å². The first-order chi connectivity index (χ1) is 9.66. The second kappa shape index (κ2) is 6.11. The van der Waals surface area contributed by atoms with Crippen LogP contribution >= 0.6 is 11.6 Å². The van der Waals surface area contributed by atoms with Crippen LogP contribution < -0.4 is 0 Å². The van der Waals surface area contributed by atoms with Crippen molar-refractivity contribution in [1.82, 2.24) is 0 Å². The van der Waals surface area contributed by atoms with E-state index in [1.165, 1.54) is 5.57 Å². The van der Waals surface area contributed by atoms with Gasteiger partial charge in [0.15, 0.2) is 0 Å². The van der Waals surface area contributed by atoms with Gasteiger partial charge in [-0.15, -0.1) is 0 Å². The van der Waals surface area contributed by atoms with Gasteiger partial charge in [-0.2, -0.15) is 8.42 Å². The molecule has 0 radical (unpaired) electrons. The molecule has 0 saturated carbocycles. The fourth-order valence-corrected chi connectivity index (χ4v) is 3.11. The van der Waals surface area contributed by atoms with Gasteiger partial charge >= 0.3 is 0 Å². The Morgan fingerprint density at radius 3 is 2.43 bits per heavy atom. The van der Waals surface area contributed by atoms with Gasteiger partial charge in [0.05, 0.1) is 12.9 Å². The summed E-state index contributed by atoms with van der Waals surface area (Å²) in [6, 6.07) is 7.69. The van der Waals surface area contributed by atoms with Crippen molar-refractivity contribution < 1.29 is 12.6 Å². The maximum Gasteiger partial charge on any atom is 0.264 e. The number of benzene rings is 1. The lowest BCUT2D eigenvalue weighted by atomic mass is 9.73. The van der Waals surface area contributed by atoms with Gasteiger partial charge in [0, 0.05) is 5.02 Å². The largest absolute Gasteiger partial charge is 0.266 e. The quantitative estimate of drug-likeness (QED) is 0.775. The van der Waals surface area contributed by atoms with Crippen molar-refractivity contribution in [2.45, 2.75) is 33.1 Å². The van der Waals surface area contributed by atoms with Gasteiger partial charge in [-0.3, -0.25) is 4.18 Å². The molecule has 0 spiro atoms. The van der Waals surface area contributed by atoms with Gasteiger partial charge in [-0.1, -0.05) is 37.6 Å². The Hall–Kier alpha value is -0.840. The zero-order valence-corrected chi connectivity index (χ0v) is 14.2. The molecule has 0 unspecified atom stereocenters. The van der Waals surface area contributed by atoms with Crippen LogP contribution in [-0.2, 0) is 14.3 Å². The van der Waals surface area contributed by atoms with E-state index in [1.54, 1.807) is 0 Å². The summed E-state index contributed by atoms with van der Waals surface area (Å²) in [5, 5.41) is 0.698. The highest BCUT2D eigenvalue weighted by molar-refractivity contribution is 7.86. The van der Waals surface area contributed by atoms with E-state index in [4.69, 9.17) is 15.8 Å². The first-order valence-electron chi connectivity index (χ1n) is 6.98. The van der Waals surface area contributed by atoms with Gasteiger partial charge in [0.1, 0.15) is 0 Å². The molecule has 0 N–H and O–H groups in total. The first kappa shape index (κ1) is 16.5. The highest BCUT2D eigenvalue weighted by Crippen LogP contribution is 2.43. The molecule has 21 heavy (non-hydrogen) atoms. The Labute approximate surface area is 132 Å². The zero-order valence-electron chi connectivity index (χ0n) is 12.6. The zero-order chi connectivity index (χ0) is 15.7. The Kier molecular flexibility index (Phi) is 4.81. The molecule has 3 nitrogen and oxygen atoms in total. The summed E-state index contributed by atoms with van der Waals surface area (Å²) in [5.74, 6) is 0. The van der Waals surface area contributed by atoms with E-state index < -0.39 is 10.1 Å². The van der Waals surface area contributed by atoms with Gasteiger partial charge in [0.25, 0.3) is 10.1 Å². The van der Waals surface area contributed by atoms with Crippen molar-refractivity contribution in [3.05, 3.63) is 40.4 Å². The average molecular weight is 329 g/mol. The van der Waals surface area contributed by atoms with Gasteiger partial charge in [0.2, 0.25) is 0 Å². The fraction of sp³-hybridized carbons (Fsp3) is 0.500. The first-order valence-corrected chi connectivity index (χ1v) is 9.17.